The number of thiophene rings is 1. The Hall–Kier alpha value is -5.60. The van der Waals surface area contributed by atoms with E-state index in [1.165, 1.54) is 11.3 Å². The van der Waals surface area contributed by atoms with E-state index in [4.69, 9.17) is 14.2 Å². The highest BCUT2D eigenvalue weighted by atomic mass is 32.1. The number of hydrogen-bond acceptors (Lipinski definition) is 8. The number of anilines is 4. The van der Waals surface area contributed by atoms with Gasteiger partial charge >= 0.3 is 12.1 Å². The van der Waals surface area contributed by atoms with Gasteiger partial charge in [0, 0.05) is 6.20 Å². The largest absolute Gasteiger partial charge is 0.489 e. The van der Waals surface area contributed by atoms with Crippen LogP contribution in [0.5, 0.6) is 11.5 Å². The van der Waals surface area contributed by atoms with Gasteiger partial charge in [0.25, 0.3) is 0 Å². The number of nitriles is 1. The van der Waals surface area contributed by atoms with Gasteiger partial charge in [-0.1, -0.05) is 47.7 Å². The number of carbonyl (C=O) groups is 2. The Morgan fingerprint density at radius 2 is 1.78 bits per heavy atom. The van der Waals surface area contributed by atoms with Crippen LogP contribution in [0.1, 0.15) is 37.5 Å². The number of rotatable bonds is 8. The minimum absolute atomic E-state index is 0.301. The Kier molecular flexibility index (Phi) is 7.98. The maximum Gasteiger partial charge on any atom is 0.412 e. The van der Waals surface area contributed by atoms with E-state index >= 15 is 0 Å². The SMILES string of the molecule is CC(C)(C)OC(=O)Nc1sc2nccc3c2c1NC(=O)N3c1ccc(COc2cccc(COc3ccccc3C#N)c2)cc1. The number of carbonyl (C=O) groups excluding carboxylic acids is 2. The van der Waals surface area contributed by atoms with Crippen LogP contribution < -0.4 is 25.0 Å². The van der Waals surface area contributed by atoms with Gasteiger partial charge in [-0.05, 0) is 74.4 Å². The first kappa shape index (κ1) is 29.5. The summed E-state index contributed by atoms with van der Waals surface area (Å²) in [5, 5.41) is 16.1. The van der Waals surface area contributed by atoms with Crippen LogP contribution in [0.25, 0.3) is 10.2 Å². The van der Waals surface area contributed by atoms with Gasteiger partial charge in [-0.3, -0.25) is 10.2 Å². The summed E-state index contributed by atoms with van der Waals surface area (Å²) >= 11 is 1.27. The summed E-state index contributed by atoms with van der Waals surface area (Å²) in [5.74, 6) is 1.22. The van der Waals surface area contributed by atoms with E-state index in [1.807, 2.05) is 54.6 Å². The van der Waals surface area contributed by atoms with Crippen molar-refractivity contribution in [2.24, 2.45) is 0 Å². The maximum atomic E-state index is 13.4. The molecule has 2 aromatic heterocycles. The van der Waals surface area contributed by atoms with Gasteiger partial charge in [-0.25, -0.2) is 14.6 Å². The summed E-state index contributed by atoms with van der Waals surface area (Å²) in [6.45, 7) is 5.98. The Balaban J connectivity index is 1.14. The van der Waals surface area contributed by atoms with E-state index < -0.39 is 11.7 Å². The van der Waals surface area contributed by atoms with Crippen molar-refractivity contribution in [2.75, 3.05) is 15.5 Å². The molecule has 0 aliphatic carbocycles. The summed E-state index contributed by atoms with van der Waals surface area (Å²) in [4.78, 5) is 32.5. The molecular formula is C34H29N5O5S. The van der Waals surface area contributed by atoms with Crippen LogP contribution in [0.3, 0.4) is 0 Å². The lowest BCUT2D eigenvalue weighted by Crippen LogP contribution is -2.34. The summed E-state index contributed by atoms with van der Waals surface area (Å²) in [5.41, 5.74) is 3.47. The lowest BCUT2D eigenvalue weighted by molar-refractivity contribution is 0.0636. The van der Waals surface area contributed by atoms with Crippen molar-refractivity contribution in [1.29, 1.82) is 5.26 Å². The molecule has 45 heavy (non-hydrogen) atoms. The number of pyridine rings is 1. The third-order valence-corrected chi connectivity index (χ3v) is 7.77. The van der Waals surface area contributed by atoms with Gasteiger partial charge < -0.3 is 19.5 Å². The van der Waals surface area contributed by atoms with E-state index in [9.17, 15) is 14.9 Å². The number of benzene rings is 3. The molecule has 0 saturated carbocycles. The van der Waals surface area contributed by atoms with E-state index in [0.29, 0.717) is 57.2 Å². The number of aromatic nitrogens is 1. The van der Waals surface area contributed by atoms with E-state index in [1.54, 1.807) is 56.1 Å². The van der Waals surface area contributed by atoms with Gasteiger partial charge in [0.15, 0.2) is 0 Å². The standard InChI is InChI=1S/C34H29N5O5S/c1-34(2,3)44-33(41)38-31-29-28-26(15-16-36-30(28)45-31)39(32(40)37-29)24-13-11-21(12-14-24)19-42-25-9-6-7-22(17-25)20-43-27-10-5-4-8-23(27)18-35/h4-17H,19-20H2,1-3H3,(H,37,40)(H,38,41). The molecule has 0 saturated heterocycles. The maximum absolute atomic E-state index is 13.4. The van der Waals surface area contributed by atoms with Gasteiger partial charge in [-0.15, -0.1) is 0 Å². The molecule has 0 unspecified atom stereocenters. The van der Waals surface area contributed by atoms with Crippen LogP contribution in [-0.2, 0) is 18.0 Å². The molecule has 11 heteroatoms. The molecule has 1 aliphatic rings. The molecule has 6 rings (SSSR count). The first-order valence-electron chi connectivity index (χ1n) is 14.1. The number of amides is 3. The molecule has 10 nitrogen and oxygen atoms in total. The molecule has 226 valence electrons. The number of hydrogen-bond donors (Lipinski definition) is 2. The molecule has 0 fully saturated rings. The number of para-hydroxylation sites is 1. The van der Waals surface area contributed by atoms with E-state index in [-0.39, 0.29) is 6.03 Å². The highest BCUT2D eigenvalue weighted by Crippen LogP contribution is 2.48. The summed E-state index contributed by atoms with van der Waals surface area (Å²) in [6, 6.07) is 25.8. The Morgan fingerprint density at radius 1 is 1.00 bits per heavy atom. The second-order valence-electron chi connectivity index (χ2n) is 11.2. The molecule has 5 aromatic rings. The molecule has 0 radical (unpaired) electrons. The van der Waals surface area contributed by atoms with Gasteiger partial charge in [-0.2, -0.15) is 5.26 Å². The lowest BCUT2D eigenvalue weighted by atomic mass is 10.1. The van der Waals surface area contributed by atoms with Gasteiger partial charge in [0.05, 0.1) is 28.0 Å². The van der Waals surface area contributed by atoms with E-state index in [2.05, 4.69) is 21.7 Å². The van der Waals surface area contributed by atoms with Gasteiger partial charge in [0.2, 0.25) is 0 Å². The number of ether oxygens (including phenoxy) is 3. The highest BCUT2D eigenvalue weighted by Gasteiger charge is 2.32. The smallest absolute Gasteiger partial charge is 0.412 e. The van der Waals surface area contributed by atoms with Crippen molar-refractivity contribution in [3.8, 4) is 17.6 Å². The fraction of sp³-hybridized carbons (Fsp3) is 0.176. The normalized spacial score (nSPS) is 12.3. The predicted molar refractivity (Wildman–Crippen MR) is 173 cm³/mol. The molecule has 3 heterocycles. The quantitative estimate of drug-likeness (QED) is 0.179. The van der Waals surface area contributed by atoms with Crippen LogP contribution in [0.4, 0.5) is 31.7 Å². The molecule has 3 aromatic carbocycles. The second kappa shape index (κ2) is 12.2. The van der Waals surface area contributed by atoms with Crippen molar-refractivity contribution in [3.63, 3.8) is 0 Å². The molecule has 3 amide bonds. The van der Waals surface area contributed by atoms with Crippen molar-refractivity contribution in [3.05, 3.63) is 102 Å². The number of nitrogens with one attached hydrogen (secondary N) is 2. The van der Waals surface area contributed by atoms with Crippen LogP contribution in [-0.4, -0.2) is 22.7 Å². The van der Waals surface area contributed by atoms with Crippen molar-refractivity contribution >= 4 is 55.7 Å². The monoisotopic (exact) mass is 619 g/mol. The lowest BCUT2D eigenvalue weighted by Gasteiger charge is -2.28. The molecule has 2 N–H and O–H groups in total. The van der Waals surface area contributed by atoms with Crippen LogP contribution >= 0.6 is 11.3 Å². The topological polar surface area (TPSA) is 126 Å². The van der Waals surface area contributed by atoms with Gasteiger partial charge in [0.1, 0.15) is 46.2 Å². The summed E-state index contributed by atoms with van der Waals surface area (Å²) in [6.07, 6.45) is 1.03. The van der Waals surface area contributed by atoms with Crippen molar-refractivity contribution < 1.29 is 23.8 Å². The number of urea groups is 1. The zero-order valence-corrected chi connectivity index (χ0v) is 25.6. The predicted octanol–water partition coefficient (Wildman–Crippen LogP) is 8.36. The second-order valence-corrected chi connectivity index (χ2v) is 12.2. The zero-order chi connectivity index (χ0) is 31.6. The van der Waals surface area contributed by atoms with Crippen molar-refractivity contribution in [1.82, 2.24) is 4.98 Å². The van der Waals surface area contributed by atoms with E-state index in [0.717, 1.165) is 16.5 Å². The minimum atomic E-state index is -0.663. The Bertz CT molecular complexity index is 1940. The molecule has 1 aliphatic heterocycles. The minimum Gasteiger partial charge on any atom is -0.489 e. The van der Waals surface area contributed by atoms with Crippen LogP contribution in [0.15, 0.2) is 85.1 Å². The highest BCUT2D eigenvalue weighted by molar-refractivity contribution is 7.23. The average Bonchev–Trinajstić information content (AvgIpc) is 3.36. The fourth-order valence-corrected chi connectivity index (χ4v) is 5.81. The number of nitrogens with zero attached hydrogens (tertiary/aromatic N) is 3. The third-order valence-electron chi connectivity index (χ3n) is 6.76. The third kappa shape index (κ3) is 6.51. The van der Waals surface area contributed by atoms with Crippen LogP contribution in [0.2, 0.25) is 0 Å². The zero-order valence-electron chi connectivity index (χ0n) is 24.8. The molecular weight excluding hydrogens is 590 g/mol. The summed E-state index contributed by atoms with van der Waals surface area (Å²) in [7, 11) is 0. The first-order valence-corrected chi connectivity index (χ1v) is 15.0. The molecule has 0 bridgehead atoms. The summed E-state index contributed by atoms with van der Waals surface area (Å²) < 4.78 is 17.3. The Labute approximate surface area is 263 Å². The average molecular weight is 620 g/mol. The molecule has 0 spiro atoms. The molecule has 0 atom stereocenters. The van der Waals surface area contributed by atoms with Crippen molar-refractivity contribution in [2.45, 2.75) is 39.6 Å². The first-order chi connectivity index (χ1) is 21.7. The fourth-order valence-electron chi connectivity index (χ4n) is 4.80. The Morgan fingerprint density at radius 3 is 2.56 bits per heavy atom. The van der Waals surface area contributed by atoms with Crippen LogP contribution in [0, 0.1) is 11.3 Å².